The lowest BCUT2D eigenvalue weighted by Crippen LogP contribution is -1.96. The first-order valence-corrected chi connectivity index (χ1v) is 8.74. The number of rotatable bonds is 6. The lowest BCUT2D eigenvalue weighted by molar-refractivity contribution is 0.475. The normalized spacial score (nSPS) is 16.8. The molecule has 2 aliphatic carbocycles. The molecular weight excluding hydrogens is 316 g/mol. The van der Waals surface area contributed by atoms with Gasteiger partial charge in [0.1, 0.15) is 17.3 Å². The summed E-state index contributed by atoms with van der Waals surface area (Å²) in [6.45, 7) is 0. The Morgan fingerprint density at radius 2 is 2.00 bits per heavy atom. The lowest BCUT2D eigenvalue weighted by Gasteiger charge is -2.07. The molecule has 1 N–H and O–H groups in total. The standard InChI is InChI=1S/C18H20N6O/c1-23-9-7-16(21-23)20-17-10-14(6-8-19-17)25-15-11-24(13-4-5-13)22-18(15)12-2-3-12/h6-13H,2-5H2,1H3,(H,19,20,21). The van der Waals surface area contributed by atoms with Crippen LogP contribution < -0.4 is 10.1 Å². The monoisotopic (exact) mass is 336 g/mol. The highest BCUT2D eigenvalue weighted by Gasteiger charge is 2.33. The molecule has 0 atom stereocenters. The molecule has 0 bridgehead atoms. The minimum absolute atomic E-state index is 0.558. The van der Waals surface area contributed by atoms with Crippen molar-refractivity contribution in [3.8, 4) is 11.5 Å². The van der Waals surface area contributed by atoms with Gasteiger partial charge in [0, 0.05) is 37.5 Å². The van der Waals surface area contributed by atoms with Gasteiger partial charge in [0.15, 0.2) is 11.6 Å². The first-order valence-electron chi connectivity index (χ1n) is 8.74. The molecule has 0 aromatic carbocycles. The molecule has 0 radical (unpaired) electrons. The fourth-order valence-electron chi connectivity index (χ4n) is 2.92. The number of pyridine rings is 1. The maximum atomic E-state index is 6.16. The summed E-state index contributed by atoms with van der Waals surface area (Å²) in [4.78, 5) is 4.34. The Morgan fingerprint density at radius 3 is 2.72 bits per heavy atom. The predicted octanol–water partition coefficient (Wildman–Crippen LogP) is 3.76. The number of anilines is 2. The summed E-state index contributed by atoms with van der Waals surface area (Å²) >= 11 is 0. The van der Waals surface area contributed by atoms with Crippen LogP contribution in [0.4, 0.5) is 11.6 Å². The highest BCUT2D eigenvalue weighted by molar-refractivity contribution is 5.53. The van der Waals surface area contributed by atoms with Gasteiger partial charge < -0.3 is 10.1 Å². The minimum atomic E-state index is 0.558. The minimum Gasteiger partial charge on any atom is -0.454 e. The second-order valence-corrected chi connectivity index (χ2v) is 6.84. The number of nitrogens with zero attached hydrogens (tertiary/aromatic N) is 5. The zero-order valence-corrected chi connectivity index (χ0v) is 14.1. The molecule has 25 heavy (non-hydrogen) atoms. The summed E-state index contributed by atoms with van der Waals surface area (Å²) in [5.41, 5.74) is 1.10. The van der Waals surface area contributed by atoms with E-state index in [0.29, 0.717) is 17.8 Å². The largest absolute Gasteiger partial charge is 0.454 e. The summed E-state index contributed by atoms with van der Waals surface area (Å²) in [5.74, 6) is 3.66. The average Bonchev–Trinajstić information content (AvgIpc) is 3.53. The number of nitrogens with one attached hydrogen (secondary N) is 1. The van der Waals surface area contributed by atoms with Gasteiger partial charge in [0.25, 0.3) is 0 Å². The van der Waals surface area contributed by atoms with E-state index >= 15 is 0 Å². The van der Waals surface area contributed by atoms with Crippen molar-refractivity contribution in [1.29, 1.82) is 0 Å². The average molecular weight is 336 g/mol. The van der Waals surface area contributed by atoms with Crippen LogP contribution in [-0.4, -0.2) is 24.5 Å². The zero-order chi connectivity index (χ0) is 16.8. The second-order valence-electron chi connectivity index (χ2n) is 6.84. The van der Waals surface area contributed by atoms with E-state index in [2.05, 4.69) is 26.3 Å². The van der Waals surface area contributed by atoms with Crippen molar-refractivity contribution in [2.45, 2.75) is 37.6 Å². The van der Waals surface area contributed by atoms with Crippen molar-refractivity contribution in [2.24, 2.45) is 7.05 Å². The van der Waals surface area contributed by atoms with Gasteiger partial charge in [-0.3, -0.25) is 9.36 Å². The molecule has 3 aromatic rings. The third kappa shape index (κ3) is 3.09. The van der Waals surface area contributed by atoms with Gasteiger partial charge in [-0.05, 0) is 31.7 Å². The van der Waals surface area contributed by atoms with Crippen LogP contribution >= 0.6 is 0 Å². The predicted molar refractivity (Wildman–Crippen MR) is 93.3 cm³/mol. The van der Waals surface area contributed by atoms with Gasteiger partial charge in [-0.1, -0.05) is 0 Å². The molecule has 0 aliphatic heterocycles. The van der Waals surface area contributed by atoms with Crippen LogP contribution in [0.15, 0.2) is 36.8 Å². The van der Waals surface area contributed by atoms with Crippen LogP contribution in [0, 0.1) is 0 Å². The van der Waals surface area contributed by atoms with Crippen LogP contribution in [0.25, 0.3) is 0 Å². The molecule has 0 saturated heterocycles. The van der Waals surface area contributed by atoms with Crippen LogP contribution in [0.5, 0.6) is 11.5 Å². The molecule has 7 heteroatoms. The molecule has 128 valence electrons. The van der Waals surface area contributed by atoms with Gasteiger partial charge in [-0.25, -0.2) is 4.98 Å². The van der Waals surface area contributed by atoms with Gasteiger partial charge in [0.2, 0.25) is 0 Å². The molecule has 7 nitrogen and oxygen atoms in total. The maximum absolute atomic E-state index is 6.16. The van der Waals surface area contributed by atoms with Crippen molar-refractivity contribution in [1.82, 2.24) is 24.5 Å². The van der Waals surface area contributed by atoms with Crippen molar-refractivity contribution in [3.05, 3.63) is 42.5 Å². The van der Waals surface area contributed by atoms with E-state index in [-0.39, 0.29) is 0 Å². The van der Waals surface area contributed by atoms with E-state index in [4.69, 9.17) is 9.84 Å². The van der Waals surface area contributed by atoms with E-state index in [9.17, 15) is 0 Å². The zero-order valence-electron chi connectivity index (χ0n) is 14.1. The van der Waals surface area contributed by atoms with E-state index < -0.39 is 0 Å². The molecule has 5 rings (SSSR count). The highest BCUT2D eigenvalue weighted by Crippen LogP contribution is 2.46. The van der Waals surface area contributed by atoms with E-state index in [1.807, 2.05) is 31.4 Å². The van der Waals surface area contributed by atoms with Gasteiger partial charge in [0.05, 0.1) is 12.2 Å². The Hall–Kier alpha value is -2.83. The van der Waals surface area contributed by atoms with Crippen LogP contribution in [0.1, 0.15) is 43.3 Å². The summed E-state index contributed by atoms with van der Waals surface area (Å²) in [6.07, 6.45) is 10.5. The Morgan fingerprint density at radius 1 is 1.12 bits per heavy atom. The van der Waals surface area contributed by atoms with E-state index in [1.165, 1.54) is 25.7 Å². The van der Waals surface area contributed by atoms with Crippen LogP contribution in [0.2, 0.25) is 0 Å². The molecule has 3 aromatic heterocycles. The topological polar surface area (TPSA) is 69.8 Å². The first-order chi connectivity index (χ1) is 12.2. The number of ether oxygens (including phenoxy) is 1. The molecule has 2 fully saturated rings. The molecule has 0 amide bonds. The number of hydrogen-bond acceptors (Lipinski definition) is 5. The quantitative estimate of drug-likeness (QED) is 0.742. The van der Waals surface area contributed by atoms with Gasteiger partial charge in [-0.2, -0.15) is 10.2 Å². The smallest absolute Gasteiger partial charge is 0.168 e. The molecule has 3 heterocycles. The number of hydrogen-bond donors (Lipinski definition) is 1. The molecule has 2 aliphatic rings. The molecule has 0 spiro atoms. The van der Waals surface area contributed by atoms with Gasteiger partial charge >= 0.3 is 0 Å². The van der Waals surface area contributed by atoms with Crippen molar-refractivity contribution in [2.75, 3.05) is 5.32 Å². The lowest BCUT2D eigenvalue weighted by atomic mass is 10.3. The van der Waals surface area contributed by atoms with E-state index in [0.717, 1.165) is 23.0 Å². The van der Waals surface area contributed by atoms with Crippen LogP contribution in [0.3, 0.4) is 0 Å². The summed E-state index contributed by atoms with van der Waals surface area (Å²) in [7, 11) is 1.88. The molecule has 2 saturated carbocycles. The second kappa shape index (κ2) is 5.61. The highest BCUT2D eigenvalue weighted by atomic mass is 16.5. The number of aromatic nitrogens is 5. The Labute approximate surface area is 145 Å². The molecular formula is C18H20N6O. The third-order valence-electron chi connectivity index (χ3n) is 4.54. The first kappa shape index (κ1) is 14.5. The fourth-order valence-corrected chi connectivity index (χ4v) is 2.92. The Kier molecular flexibility index (Phi) is 3.26. The Bertz CT molecular complexity index is 906. The number of aryl methyl sites for hydroxylation is 1. The van der Waals surface area contributed by atoms with Crippen molar-refractivity contribution in [3.63, 3.8) is 0 Å². The summed E-state index contributed by atoms with van der Waals surface area (Å²) < 4.78 is 9.99. The summed E-state index contributed by atoms with van der Waals surface area (Å²) in [5, 5.41) is 12.3. The SMILES string of the molecule is Cn1ccc(Nc2cc(Oc3cn(C4CC4)nc3C3CC3)ccn2)n1. The molecule has 0 unspecified atom stereocenters. The van der Waals surface area contributed by atoms with Crippen molar-refractivity contribution >= 4 is 11.6 Å². The fraction of sp³-hybridized carbons (Fsp3) is 0.389. The third-order valence-corrected chi connectivity index (χ3v) is 4.54. The summed E-state index contributed by atoms with van der Waals surface area (Å²) in [6, 6.07) is 6.22. The van der Waals surface area contributed by atoms with E-state index in [1.54, 1.807) is 10.9 Å². The van der Waals surface area contributed by atoms with Gasteiger partial charge in [-0.15, -0.1) is 0 Å². The Balaban J connectivity index is 1.38. The van der Waals surface area contributed by atoms with Crippen LogP contribution in [-0.2, 0) is 7.05 Å². The maximum Gasteiger partial charge on any atom is 0.168 e. The van der Waals surface area contributed by atoms with Crippen molar-refractivity contribution < 1.29 is 4.74 Å².